The number of rotatable bonds is 9. The number of aromatic nitrogens is 1. The lowest BCUT2D eigenvalue weighted by molar-refractivity contribution is -0.138. The summed E-state index contributed by atoms with van der Waals surface area (Å²) in [5.41, 5.74) is 2.34. The van der Waals surface area contributed by atoms with Crippen LogP contribution in [0.15, 0.2) is 83.3 Å². The Balaban J connectivity index is 1.54. The Morgan fingerprint density at radius 3 is 2.33 bits per heavy atom. The minimum absolute atomic E-state index is 0.0683. The molecule has 0 saturated heterocycles. The van der Waals surface area contributed by atoms with Crippen molar-refractivity contribution in [2.45, 2.75) is 26.6 Å². The zero-order valence-corrected chi connectivity index (χ0v) is 21.5. The summed E-state index contributed by atoms with van der Waals surface area (Å²) in [6.07, 6.45) is -2.99. The number of benzene rings is 3. The van der Waals surface area contributed by atoms with E-state index in [4.69, 9.17) is 18.6 Å². The van der Waals surface area contributed by atoms with Crippen LogP contribution < -0.4 is 9.47 Å². The monoisotopic (exact) mass is 537 g/mol. The predicted octanol–water partition coefficient (Wildman–Crippen LogP) is 7.25. The van der Waals surface area contributed by atoms with Crippen LogP contribution in [0, 0.1) is 6.92 Å². The molecule has 6 nitrogen and oxygen atoms in total. The molecule has 0 saturated carbocycles. The van der Waals surface area contributed by atoms with E-state index in [1.54, 1.807) is 51.3 Å². The molecule has 0 bridgehead atoms. The Morgan fingerprint density at radius 2 is 1.69 bits per heavy atom. The molecule has 4 rings (SSSR count). The Hall–Kier alpha value is -4.53. The van der Waals surface area contributed by atoms with Gasteiger partial charge in [0.2, 0.25) is 5.89 Å². The number of nitrogens with zero attached hydrogens (tertiary/aromatic N) is 1. The summed E-state index contributed by atoms with van der Waals surface area (Å²) in [5, 5.41) is 0. The first kappa shape index (κ1) is 27.5. The lowest BCUT2D eigenvalue weighted by atomic mass is 9.97. The van der Waals surface area contributed by atoms with Gasteiger partial charge in [0.1, 0.15) is 29.6 Å². The van der Waals surface area contributed by atoms with E-state index in [1.807, 2.05) is 18.2 Å². The van der Waals surface area contributed by atoms with Crippen molar-refractivity contribution < 1.29 is 36.6 Å². The fraction of sp³-hybridized carbons (Fsp3) is 0.200. The van der Waals surface area contributed by atoms with E-state index in [2.05, 4.69) is 4.98 Å². The normalized spacial score (nSPS) is 11.8. The molecule has 0 radical (unpaired) electrons. The third-order valence-corrected chi connectivity index (χ3v) is 5.82. The maximum absolute atomic E-state index is 12.9. The van der Waals surface area contributed by atoms with Crippen LogP contribution in [0.25, 0.3) is 17.0 Å². The molecule has 0 aliphatic rings. The molecule has 0 unspecified atom stereocenters. The van der Waals surface area contributed by atoms with Gasteiger partial charge < -0.3 is 18.6 Å². The average molecular weight is 538 g/mol. The molecule has 1 heterocycles. The van der Waals surface area contributed by atoms with Gasteiger partial charge in [-0.05, 0) is 79.1 Å². The van der Waals surface area contributed by atoms with Crippen molar-refractivity contribution in [2.24, 2.45) is 0 Å². The van der Waals surface area contributed by atoms with Crippen LogP contribution in [-0.4, -0.2) is 24.7 Å². The second kappa shape index (κ2) is 11.9. The second-order valence-electron chi connectivity index (χ2n) is 8.45. The number of carbonyl (C=O) groups excluding carboxylic acids is 1. The lowest BCUT2D eigenvalue weighted by Gasteiger charge is -2.12. The maximum Gasteiger partial charge on any atom is 0.416 e. The highest BCUT2D eigenvalue weighted by Crippen LogP contribution is 2.32. The third-order valence-electron chi connectivity index (χ3n) is 5.82. The van der Waals surface area contributed by atoms with Gasteiger partial charge in [-0.1, -0.05) is 24.3 Å². The number of aryl methyl sites for hydroxylation is 1. The molecule has 0 spiro atoms. The molecule has 0 aliphatic carbocycles. The van der Waals surface area contributed by atoms with Gasteiger partial charge >= 0.3 is 12.1 Å². The first-order valence-electron chi connectivity index (χ1n) is 12.1. The highest BCUT2D eigenvalue weighted by molar-refractivity contribution is 5.96. The number of alkyl halides is 3. The van der Waals surface area contributed by atoms with Crippen LogP contribution in [-0.2, 0) is 22.3 Å². The van der Waals surface area contributed by atoms with Crippen molar-refractivity contribution >= 4 is 11.5 Å². The average Bonchev–Trinajstić information content (AvgIpc) is 3.31. The fourth-order valence-electron chi connectivity index (χ4n) is 3.80. The Morgan fingerprint density at radius 1 is 0.974 bits per heavy atom. The van der Waals surface area contributed by atoms with Gasteiger partial charge in [-0.3, -0.25) is 0 Å². The highest BCUT2D eigenvalue weighted by atomic mass is 19.4. The summed E-state index contributed by atoms with van der Waals surface area (Å²) in [6.45, 7) is 3.76. The van der Waals surface area contributed by atoms with E-state index >= 15 is 0 Å². The van der Waals surface area contributed by atoms with Gasteiger partial charge in [0, 0.05) is 11.6 Å². The van der Waals surface area contributed by atoms with Crippen LogP contribution in [0.2, 0.25) is 0 Å². The minimum atomic E-state index is -4.42. The van der Waals surface area contributed by atoms with Gasteiger partial charge in [0.15, 0.2) is 0 Å². The molecule has 1 aromatic heterocycles. The molecule has 0 atom stereocenters. The third kappa shape index (κ3) is 6.87. The number of halogens is 3. The van der Waals surface area contributed by atoms with Crippen molar-refractivity contribution in [3.05, 3.63) is 107 Å². The number of esters is 1. The van der Waals surface area contributed by atoms with E-state index in [0.29, 0.717) is 34.1 Å². The summed E-state index contributed by atoms with van der Waals surface area (Å²) >= 11 is 0. The summed E-state index contributed by atoms with van der Waals surface area (Å²) < 4.78 is 60.6. The molecule has 3 aromatic carbocycles. The largest absolute Gasteiger partial charge is 0.497 e. The van der Waals surface area contributed by atoms with Gasteiger partial charge in [-0.25, -0.2) is 9.78 Å². The lowest BCUT2D eigenvalue weighted by Crippen LogP contribution is -2.04. The van der Waals surface area contributed by atoms with Crippen molar-refractivity contribution in [3.63, 3.8) is 0 Å². The number of methoxy groups -OCH3 is 1. The number of hydrogen-bond acceptors (Lipinski definition) is 6. The Bertz CT molecular complexity index is 1460. The Labute approximate surface area is 223 Å². The van der Waals surface area contributed by atoms with Crippen LogP contribution in [0.5, 0.6) is 11.5 Å². The van der Waals surface area contributed by atoms with Gasteiger partial charge in [0.25, 0.3) is 0 Å². The van der Waals surface area contributed by atoms with Gasteiger partial charge in [-0.2, -0.15) is 13.2 Å². The molecule has 9 heteroatoms. The molecular weight excluding hydrogens is 511 g/mol. The maximum atomic E-state index is 12.9. The first-order chi connectivity index (χ1) is 18.7. The summed E-state index contributed by atoms with van der Waals surface area (Å²) in [7, 11) is 1.58. The Kier molecular flexibility index (Phi) is 8.39. The van der Waals surface area contributed by atoms with Crippen LogP contribution in [0.4, 0.5) is 13.2 Å². The highest BCUT2D eigenvalue weighted by Gasteiger charge is 2.30. The quantitative estimate of drug-likeness (QED) is 0.165. The smallest absolute Gasteiger partial charge is 0.416 e. The number of carbonyl (C=O) groups is 1. The molecule has 4 aromatic rings. The number of ether oxygens (including phenoxy) is 3. The van der Waals surface area contributed by atoms with Crippen molar-refractivity contribution in [1.82, 2.24) is 4.98 Å². The summed E-state index contributed by atoms with van der Waals surface area (Å²) in [5.74, 6) is 1.43. The van der Waals surface area contributed by atoms with Crippen LogP contribution in [0.1, 0.15) is 35.1 Å². The van der Waals surface area contributed by atoms with E-state index in [0.717, 1.165) is 23.3 Å². The summed E-state index contributed by atoms with van der Waals surface area (Å²) in [6, 6.07) is 19.1. The molecule has 39 heavy (non-hydrogen) atoms. The van der Waals surface area contributed by atoms with Crippen molar-refractivity contribution in [1.29, 1.82) is 0 Å². The van der Waals surface area contributed by atoms with E-state index in [-0.39, 0.29) is 19.1 Å². The van der Waals surface area contributed by atoms with E-state index < -0.39 is 17.7 Å². The fourth-order valence-corrected chi connectivity index (χ4v) is 3.80. The topological polar surface area (TPSA) is 70.8 Å². The zero-order chi connectivity index (χ0) is 28.0. The molecule has 0 amide bonds. The minimum Gasteiger partial charge on any atom is -0.497 e. The molecule has 202 valence electrons. The van der Waals surface area contributed by atoms with Crippen LogP contribution >= 0.6 is 0 Å². The summed E-state index contributed by atoms with van der Waals surface area (Å²) in [4.78, 5) is 16.7. The SMILES string of the molecule is CCOC(=O)/C=C(\c1ccc(OC)cc1)c1cccc(OCc2nc(-c3ccc(C(F)(F)F)cc3)oc2C)c1. The molecule has 0 aliphatic heterocycles. The zero-order valence-electron chi connectivity index (χ0n) is 21.5. The molecule has 0 N–H and O–H groups in total. The van der Waals surface area contributed by atoms with Gasteiger partial charge in [0.05, 0.1) is 19.3 Å². The van der Waals surface area contributed by atoms with Crippen LogP contribution in [0.3, 0.4) is 0 Å². The predicted molar refractivity (Wildman–Crippen MR) is 139 cm³/mol. The van der Waals surface area contributed by atoms with Crippen molar-refractivity contribution in [2.75, 3.05) is 13.7 Å². The number of oxazole rings is 1. The molecule has 0 fully saturated rings. The second-order valence-corrected chi connectivity index (χ2v) is 8.45. The van der Waals surface area contributed by atoms with Gasteiger partial charge in [-0.15, -0.1) is 0 Å². The first-order valence-corrected chi connectivity index (χ1v) is 12.1. The number of hydrogen-bond donors (Lipinski definition) is 0. The standard InChI is InChI=1S/C30H26F3NO5/c1-4-37-28(35)17-26(20-10-14-24(36-3)15-11-20)22-6-5-7-25(16-22)38-18-27-19(2)39-29(34-27)21-8-12-23(13-9-21)30(31,32)33/h5-17H,4,18H2,1-3H3/b26-17+. The van der Waals surface area contributed by atoms with E-state index in [9.17, 15) is 18.0 Å². The molecular formula is C30H26F3NO5. The van der Waals surface area contributed by atoms with E-state index in [1.165, 1.54) is 18.2 Å². The van der Waals surface area contributed by atoms with Crippen molar-refractivity contribution in [3.8, 4) is 23.0 Å².